The smallest absolute Gasteiger partial charge is 0.350 e. The van der Waals surface area contributed by atoms with Crippen molar-refractivity contribution in [1.29, 1.82) is 0 Å². The van der Waals surface area contributed by atoms with Crippen LogP contribution in [0.2, 0.25) is 10.0 Å². The van der Waals surface area contributed by atoms with E-state index in [4.69, 9.17) is 38.4 Å². The Morgan fingerprint density at radius 2 is 2.00 bits per heavy atom. The number of fused-ring (bicyclic) bond motifs is 1. The summed E-state index contributed by atoms with van der Waals surface area (Å²) in [5, 5.41) is 1.32. The zero-order valence-corrected chi connectivity index (χ0v) is 21.4. The average Bonchev–Trinajstić information content (AvgIpc) is 3.14. The highest BCUT2D eigenvalue weighted by molar-refractivity contribution is 7.21. The molecule has 0 saturated carbocycles. The van der Waals surface area contributed by atoms with Crippen LogP contribution >= 0.6 is 34.5 Å². The number of ether oxygens (including phenoxy) is 2. The van der Waals surface area contributed by atoms with Gasteiger partial charge in [0.1, 0.15) is 10.7 Å². The van der Waals surface area contributed by atoms with Crippen molar-refractivity contribution in [1.82, 2.24) is 9.55 Å². The molecule has 10 nitrogen and oxygen atoms in total. The van der Waals surface area contributed by atoms with Crippen LogP contribution in [-0.4, -0.2) is 48.3 Å². The van der Waals surface area contributed by atoms with Gasteiger partial charge in [0.05, 0.1) is 11.6 Å². The lowest BCUT2D eigenvalue weighted by molar-refractivity contribution is -0.121. The third-order valence-corrected chi connectivity index (χ3v) is 7.02. The van der Waals surface area contributed by atoms with Crippen molar-refractivity contribution in [2.75, 3.05) is 37.5 Å². The van der Waals surface area contributed by atoms with Crippen molar-refractivity contribution < 1.29 is 19.1 Å². The number of hydrogen-bond acceptors (Lipinski definition) is 8. The van der Waals surface area contributed by atoms with Crippen LogP contribution in [0.25, 0.3) is 10.1 Å². The zero-order chi connectivity index (χ0) is 25.7. The Bertz CT molecular complexity index is 1370. The molecule has 0 atom stereocenters. The SMILES string of the molecule is CCCCn1c(N)c(N(CCOC)C(=O)COC(=O)c2sc3cc(Cl)ccc3c2Cl)c(=O)[nH]c1=O. The summed E-state index contributed by atoms with van der Waals surface area (Å²) in [5.74, 6) is -1.69. The number of aromatic nitrogens is 2. The number of methoxy groups -OCH3 is 1. The summed E-state index contributed by atoms with van der Waals surface area (Å²) in [6.45, 7) is 1.51. The molecule has 3 rings (SSSR count). The molecule has 0 aliphatic carbocycles. The number of nitrogens with one attached hydrogen (secondary N) is 1. The quantitative estimate of drug-likeness (QED) is 0.375. The van der Waals surface area contributed by atoms with Gasteiger partial charge in [-0.1, -0.05) is 42.6 Å². The Kier molecular flexibility index (Phi) is 8.95. The Morgan fingerprint density at radius 1 is 1.26 bits per heavy atom. The highest BCUT2D eigenvalue weighted by Gasteiger charge is 2.26. The number of carbonyl (C=O) groups is 2. The van der Waals surface area contributed by atoms with Crippen molar-refractivity contribution in [2.24, 2.45) is 0 Å². The average molecular weight is 543 g/mol. The van der Waals surface area contributed by atoms with E-state index < -0.39 is 29.7 Å². The normalized spacial score (nSPS) is 11.1. The van der Waals surface area contributed by atoms with Gasteiger partial charge in [0.25, 0.3) is 11.5 Å². The van der Waals surface area contributed by atoms with Gasteiger partial charge >= 0.3 is 11.7 Å². The number of carbonyl (C=O) groups excluding carboxylic acids is 2. The molecule has 2 heterocycles. The molecular weight excluding hydrogens is 519 g/mol. The third-order valence-electron chi connectivity index (χ3n) is 5.14. The Labute approximate surface area is 214 Å². The fourth-order valence-electron chi connectivity index (χ4n) is 3.36. The molecule has 0 fully saturated rings. The van der Waals surface area contributed by atoms with E-state index in [1.54, 1.807) is 18.2 Å². The molecule has 3 aromatic rings. The predicted octanol–water partition coefficient (Wildman–Crippen LogP) is 3.28. The van der Waals surface area contributed by atoms with E-state index in [1.165, 1.54) is 11.7 Å². The molecule has 35 heavy (non-hydrogen) atoms. The number of nitrogen functional groups attached to an aromatic ring is 1. The highest BCUT2D eigenvalue weighted by Crippen LogP contribution is 2.37. The first kappa shape index (κ1) is 26.7. The number of rotatable bonds is 10. The molecule has 0 spiro atoms. The van der Waals surface area contributed by atoms with Crippen LogP contribution in [0, 0.1) is 0 Å². The van der Waals surface area contributed by atoms with E-state index in [1.807, 2.05) is 6.92 Å². The van der Waals surface area contributed by atoms with Gasteiger partial charge in [-0.3, -0.25) is 24.0 Å². The minimum Gasteiger partial charge on any atom is -0.451 e. The maximum absolute atomic E-state index is 13.1. The van der Waals surface area contributed by atoms with Crippen molar-refractivity contribution in [3.8, 4) is 0 Å². The summed E-state index contributed by atoms with van der Waals surface area (Å²) >= 11 is 13.4. The second-order valence-electron chi connectivity index (χ2n) is 7.50. The first-order chi connectivity index (χ1) is 16.7. The topological polar surface area (TPSA) is 137 Å². The number of halogens is 2. The van der Waals surface area contributed by atoms with E-state index in [0.717, 1.165) is 22.7 Å². The summed E-state index contributed by atoms with van der Waals surface area (Å²) in [4.78, 5) is 53.9. The van der Waals surface area contributed by atoms with Crippen molar-refractivity contribution in [2.45, 2.75) is 26.3 Å². The van der Waals surface area contributed by atoms with E-state index in [0.29, 0.717) is 21.5 Å². The number of thiophene rings is 1. The van der Waals surface area contributed by atoms with Gasteiger partial charge in [-0.2, -0.15) is 0 Å². The molecule has 1 aromatic carbocycles. The lowest BCUT2D eigenvalue weighted by Gasteiger charge is -2.24. The van der Waals surface area contributed by atoms with E-state index >= 15 is 0 Å². The van der Waals surface area contributed by atoms with Crippen LogP contribution in [0.3, 0.4) is 0 Å². The number of anilines is 2. The number of nitrogens with two attached hydrogens (primary N) is 1. The number of benzene rings is 1. The Hall–Kier alpha value is -2.86. The molecule has 0 aliphatic rings. The number of unbranched alkanes of at least 4 members (excludes halogenated alkanes) is 1. The predicted molar refractivity (Wildman–Crippen MR) is 137 cm³/mol. The number of nitrogens with zero attached hydrogens (tertiary/aromatic N) is 2. The van der Waals surface area contributed by atoms with E-state index in [9.17, 15) is 19.2 Å². The third kappa shape index (κ3) is 5.87. The monoisotopic (exact) mass is 542 g/mol. The van der Waals surface area contributed by atoms with Gasteiger partial charge in [-0.25, -0.2) is 9.59 Å². The van der Waals surface area contributed by atoms with Gasteiger partial charge in [-0.05, 0) is 18.6 Å². The number of esters is 1. The minimum atomic E-state index is -0.833. The summed E-state index contributed by atoms with van der Waals surface area (Å²) in [6, 6.07) is 5.01. The van der Waals surface area contributed by atoms with Crippen LogP contribution in [0.4, 0.5) is 11.5 Å². The van der Waals surface area contributed by atoms with Gasteiger partial charge < -0.3 is 15.2 Å². The Balaban J connectivity index is 1.86. The lowest BCUT2D eigenvalue weighted by Crippen LogP contribution is -2.44. The van der Waals surface area contributed by atoms with Crippen LogP contribution in [0.15, 0.2) is 27.8 Å². The van der Waals surface area contributed by atoms with Crippen LogP contribution in [0.5, 0.6) is 0 Å². The molecular formula is C22H24Cl2N4O6S. The van der Waals surface area contributed by atoms with Crippen LogP contribution in [-0.2, 0) is 20.8 Å². The summed E-state index contributed by atoms with van der Waals surface area (Å²) < 4.78 is 12.1. The molecule has 188 valence electrons. The Morgan fingerprint density at radius 3 is 2.69 bits per heavy atom. The second kappa shape index (κ2) is 11.7. The fourth-order valence-corrected chi connectivity index (χ4v) is 5.04. The number of amides is 1. The molecule has 0 radical (unpaired) electrons. The maximum Gasteiger partial charge on any atom is 0.350 e. The molecule has 0 saturated heterocycles. The van der Waals surface area contributed by atoms with Crippen molar-refractivity contribution in [3.63, 3.8) is 0 Å². The van der Waals surface area contributed by atoms with E-state index in [-0.39, 0.29) is 41.1 Å². The molecule has 3 N–H and O–H groups in total. The molecule has 0 aliphatic heterocycles. The van der Waals surface area contributed by atoms with Gasteiger partial charge in [0.15, 0.2) is 12.3 Å². The fraction of sp³-hybridized carbons (Fsp3) is 0.364. The van der Waals surface area contributed by atoms with Crippen molar-refractivity contribution in [3.05, 3.63) is 54.0 Å². The number of H-pyrrole nitrogens is 1. The van der Waals surface area contributed by atoms with Crippen LogP contribution in [0.1, 0.15) is 29.4 Å². The largest absolute Gasteiger partial charge is 0.451 e. The van der Waals surface area contributed by atoms with Crippen molar-refractivity contribution >= 4 is 68.0 Å². The van der Waals surface area contributed by atoms with Crippen LogP contribution < -0.4 is 21.9 Å². The maximum atomic E-state index is 13.1. The number of aromatic amines is 1. The summed E-state index contributed by atoms with van der Waals surface area (Å²) in [5.41, 5.74) is 4.41. The molecule has 2 aromatic heterocycles. The minimum absolute atomic E-state index is 0.0612. The van der Waals surface area contributed by atoms with E-state index in [2.05, 4.69) is 4.98 Å². The second-order valence-corrected chi connectivity index (χ2v) is 9.36. The number of hydrogen-bond donors (Lipinski definition) is 2. The van der Waals surface area contributed by atoms with Gasteiger partial charge in [0, 0.05) is 35.3 Å². The lowest BCUT2D eigenvalue weighted by atomic mass is 10.2. The standard InChI is InChI=1S/C22H24Cl2N4O6S/c1-3-4-7-28-19(25)17(20(30)26-22(28)32)27(8-9-33-2)15(29)11-34-21(31)18-16(24)13-6-5-12(23)10-14(13)35-18/h5-6,10H,3-4,7-9,11,25H2,1-2H3,(H,26,30,32). The first-order valence-electron chi connectivity index (χ1n) is 10.7. The molecule has 1 amide bonds. The zero-order valence-electron chi connectivity index (χ0n) is 19.1. The molecule has 0 bridgehead atoms. The van der Waals surface area contributed by atoms with Gasteiger partial charge in [-0.15, -0.1) is 11.3 Å². The highest BCUT2D eigenvalue weighted by atomic mass is 35.5. The summed E-state index contributed by atoms with van der Waals surface area (Å²) in [6.07, 6.45) is 1.43. The first-order valence-corrected chi connectivity index (χ1v) is 12.2. The molecule has 0 unspecified atom stereocenters. The summed E-state index contributed by atoms with van der Waals surface area (Å²) in [7, 11) is 1.42. The molecule has 13 heteroatoms. The van der Waals surface area contributed by atoms with Gasteiger partial charge in [0.2, 0.25) is 0 Å².